The molecule has 3 unspecified atom stereocenters. The summed E-state index contributed by atoms with van der Waals surface area (Å²) in [6, 6.07) is 5.76. The molecule has 1 aromatic rings. The van der Waals surface area contributed by atoms with Crippen molar-refractivity contribution in [2.45, 2.75) is 50.7 Å². The molecule has 1 N–H and O–H groups in total. The van der Waals surface area contributed by atoms with Gasteiger partial charge in [0.15, 0.2) is 0 Å². The third-order valence-corrected chi connectivity index (χ3v) is 5.88. The zero-order valence-electron chi connectivity index (χ0n) is 11.8. The van der Waals surface area contributed by atoms with Crippen molar-refractivity contribution < 1.29 is 9.90 Å². The van der Waals surface area contributed by atoms with Gasteiger partial charge in [0, 0.05) is 22.1 Å². The third kappa shape index (κ3) is 3.13. The number of nitrogens with zero attached hydrogens (tertiary/aromatic N) is 1. The summed E-state index contributed by atoms with van der Waals surface area (Å²) in [6.07, 6.45) is 5.52. The summed E-state index contributed by atoms with van der Waals surface area (Å²) in [4.78, 5) is 13.8. The lowest BCUT2D eigenvalue weighted by molar-refractivity contribution is -0.142. The molecule has 114 valence electrons. The Morgan fingerprint density at radius 3 is 2.90 bits per heavy atom. The van der Waals surface area contributed by atoms with E-state index in [2.05, 4.69) is 20.8 Å². The Morgan fingerprint density at radius 2 is 2.14 bits per heavy atom. The molecular formula is C16H19BrClNO2. The Hall–Kier alpha value is -0.580. The van der Waals surface area contributed by atoms with Crippen molar-refractivity contribution in [3.8, 4) is 0 Å². The molecule has 2 fully saturated rings. The molecule has 1 aliphatic carbocycles. The minimum absolute atomic E-state index is 0.357. The fourth-order valence-electron chi connectivity index (χ4n) is 3.88. The molecule has 1 aromatic carbocycles. The number of halogens is 2. The van der Waals surface area contributed by atoms with Crippen LogP contribution < -0.4 is 0 Å². The Labute approximate surface area is 138 Å². The van der Waals surface area contributed by atoms with E-state index in [1.807, 2.05) is 18.2 Å². The van der Waals surface area contributed by atoms with E-state index >= 15 is 0 Å². The van der Waals surface area contributed by atoms with Crippen molar-refractivity contribution in [3.63, 3.8) is 0 Å². The molecule has 1 saturated carbocycles. The topological polar surface area (TPSA) is 40.5 Å². The molecular weight excluding hydrogens is 354 g/mol. The van der Waals surface area contributed by atoms with Crippen molar-refractivity contribution in [3.05, 3.63) is 33.3 Å². The molecule has 3 nitrogen and oxygen atoms in total. The number of hydrogen-bond acceptors (Lipinski definition) is 2. The van der Waals surface area contributed by atoms with Crippen molar-refractivity contribution in [1.29, 1.82) is 0 Å². The minimum atomic E-state index is -0.692. The van der Waals surface area contributed by atoms with Gasteiger partial charge in [0.25, 0.3) is 0 Å². The molecule has 0 spiro atoms. The number of benzene rings is 1. The van der Waals surface area contributed by atoms with Gasteiger partial charge in [-0.15, -0.1) is 0 Å². The van der Waals surface area contributed by atoms with Gasteiger partial charge in [-0.1, -0.05) is 40.4 Å². The first-order chi connectivity index (χ1) is 10.1. The zero-order chi connectivity index (χ0) is 15.0. The van der Waals surface area contributed by atoms with E-state index < -0.39 is 5.97 Å². The van der Waals surface area contributed by atoms with Gasteiger partial charge in [-0.25, -0.2) is 0 Å². The summed E-state index contributed by atoms with van der Waals surface area (Å²) in [5.41, 5.74) is 1.07. The van der Waals surface area contributed by atoms with Crippen LogP contribution in [-0.4, -0.2) is 28.1 Å². The van der Waals surface area contributed by atoms with Crippen LogP contribution in [0.2, 0.25) is 5.02 Å². The van der Waals surface area contributed by atoms with Crippen molar-refractivity contribution in [1.82, 2.24) is 4.90 Å². The maximum atomic E-state index is 11.6. The van der Waals surface area contributed by atoms with Crippen LogP contribution in [0.3, 0.4) is 0 Å². The molecule has 1 saturated heterocycles. The Kier molecular flexibility index (Phi) is 4.57. The van der Waals surface area contributed by atoms with E-state index in [4.69, 9.17) is 11.6 Å². The lowest BCUT2D eigenvalue weighted by atomic mass is 9.84. The lowest BCUT2D eigenvalue weighted by Crippen LogP contribution is -2.41. The van der Waals surface area contributed by atoms with Crippen LogP contribution in [0.15, 0.2) is 22.7 Å². The van der Waals surface area contributed by atoms with Crippen LogP contribution in [0.25, 0.3) is 0 Å². The first-order valence-corrected chi connectivity index (χ1v) is 8.66. The van der Waals surface area contributed by atoms with E-state index in [1.54, 1.807) is 0 Å². The number of carboxylic acids is 1. The van der Waals surface area contributed by atoms with Crippen LogP contribution in [-0.2, 0) is 11.3 Å². The molecule has 3 rings (SSSR count). The lowest BCUT2D eigenvalue weighted by Gasteiger charge is -2.33. The van der Waals surface area contributed by atoms with Gasteiger partial charge < -0.3 is 5.11 Å². The highest BCUT2D eigenvalue weighted by Gasteiger charge is 2.45. The van der Waals surface area contributed by atoms with Crippen LogP contribution in [0.1, 0.15) is 37.7 Å². The summed E-state index contributed by atoms with van der Waals surface area (Å²) in [5.74, 6) is -0.152. The fraction of sp³-hybridized carbons (Fsp3) is 0.562. The van der Waals surface area contributed by atoms with E-state index in [0.29, 0.717) is 23.5 Å². The number of likely N-dealkylation sites (tertiary alicyclic amines) is 1. The summed E-state index contributed by atoms with van der Waals surface area (Å²) in [5, 5.41) is 10.2. The quantitative estimate of drug-likeness (QED) is 0.859. The number of carbonyl (C=O) groups is 1. The molecule has 1 heterocycles. The standard InChI is InChI=1S/C16H19BrClNO2/c17-13-6-5-12(18)7-11(13)9-19-14-4-2-1-3-10(14)8-15(19)16(20)21/h5-7,10,14-15H,1-4,8-9H2,(H,20,21). The third-order valence-electron chi connectivity index (χ3n) is 4.87. The summed E-state index contributed by atoms with van der Waals surface area (Å²) < 4.78 is 0.996. The highest BCUT2D eigenvalue weighted by molar-refractivity contribution is 9.10. The normalized spacial score (nSPS) is 29.3. The molecule has 0 amide bonds. The molecule has 0 radical (unpaired) electrons. The van der Waals surface area contributed by atoms with Crippen molar-refractivity contribution in [2.24, 2.45) is 5.92 Å². The summed E-state index contributed by atoms with van der Waals surface area (Å²) in [6.45, 7) is 0.652. The number of hydrogen-bond donors (Lipinski definition) is 1. The van der Waals surface area contributed by atoms with E-state index in [9.17, 15) is 9.90 Å². The Bertz CT molecular complexity index is 551. The maximum Gasteiger partial charge on any atom is 0.320 e. The monoisotopic (exact) mass is 371 g/mol. The van der Waals surface area contributed by atoms with Crippen LogP contribution in [0, 0.1) is 5.92 Å². The maximum absolute atomic E-state index is 11.6. The van der Waals surface area contributed by atoms with E-state index in [0.717, 1.165) is 22.9 Å². The van der Waals surface area contributed by atoms with Gasteiger partial charge in [-0.2, -0.15) is 0 Å². The summed E-state index contributed by atoms with van der Waals surface area (Å²) >= 11 is 9.63. The zero-order valence-corrected chi connectivity index (χ0v) is 14.1. The number of carboxylic acid groups (broad SMARTS) is 1. The van der Waals surface area contributed by atoms with Crippen molar-refractivity contribution in [2.75, 3.05) is 0 Å². The first kappa shape index (κ1) is 15.3. The Morgan fingerprint density at radius 1 is 1.38 bits per heavy atom. The van der Waals surface area contributed by atoms with Gasteiger partial charge in [-0.05, 0) is 48.9 Å². The number of rotatable bonds is 3. The molecule has 21 heavy (non-hydrogen) atoms. The first-order valence-electron chi connectivity index (χ1n) is 7.48. The molecule has 2 aliphatic rings. The smallest absolute Gasteiger partial charge is 0.320 e. The van der Waals surface area contributed by atoms with E-state index in [-0.39, 0.29) is 6.04 Å². The van der Waals surface area contributed by atoms with Gasteiger partial charge in [0.1, 0.15) is 6.04 Å². The molecule has 0 aromatic heterocycles. The van der Waals surface area contributed by atoms with Gasteiger partial charge >= 0.3 is 5.97 Å². The van der Waals surface area contributed by atoms with Crippen LogP contribution in [0.4, 0.5) is 0 Å². The molecule has 3 atom stereocenters. The number of fused-ring (bicyclic) bond motifs is 1. The SMILES string of the molecule is O=C(O)C1CC2CCCCC2N1Cc1cc(Cl)ccc1Br. The predicted molar refractivity (Wildman–Crippen MR) is 86.5 cm³/mol. The number of aliphatic carboxylic acids is 1. The van der Waals surface area contributed by atoms with Crippen LogP contribution >= 0.6 is 27.5 Å². The second-order valence-corrected chi connectivity index (χ2v) is 7.40. The Balaban J connectivity index is 1.86. The van der Waals surface area contributed by atoms with Crippen molar-refractivity contribution >= 4 is 33.5 Å². The highest BCUT2D eigenvalue weighted by Crippen LogP contribution is 2.41. The summed E-state index contributed by atoms with van der Waals surface area (Å²) in [7, 11) is 0. The molecule has 0 bridgehead atoms. The second-order valence-electron chi connectivity index (χ2n) is 6.11. The fourth-order valence-corrected chi connectivity index (χ4v) is 4.45. The van der Waals surface area contributed by atoms with Gasteiger partial charge in [0.05, 0.1) is 0 Å². The minimum Gasteiger partial charge on any atom is -0.480 e. The average Bonchev–Trinajstić information content (AvgIpc) is 2.82. The molecule has 5 heteroatoms. The predicted octanol–water partition coefficient (Wildman–Crippen LogP) is 4.32. The van der Waals surface area contributed by atoms with Gasteiger partial charge in [-0.3, -0.25) is 9.69 Å². The average molecular weight is 373 g/mol. The van der Waals surface area contributed by atoms with E-state index in [1.165, 1.54) is 19.3 Å². The second kappa shape index (κ2) is 6.27. The van der Waals surface area contributed by atoms with Gasteiger partial charge in [0.2, 0.25) is 0 Å². The highest BCUT2D eigenvalue weighted by atomic mass is 79.9. The largest absolute Gasteiger partial charge is 0.480 e. The molecule has 1 aliphatic heterocycles. The van der Waals surface area contributed by atoms with Crippen LogP contribution in [0.5, 0.6) is 0 Å².